The van der Waals surface area contributed by atoms with Crippen molar-refractivity contribution >= 4 is 23.4 Å². The Balaban J connectivity index is 1.63. The summed E-state index contributed by atoms with van der Waals surface area (Å²) in [7, 11) is 0. The molecule has 1 aliphatic carbocycles. The number of hydrogen-bond donors (Lipinski definition) is 1. The van der Waals surface area contributed by atoms with E-state index in [-0.39, 0.29) is 24.5 Å². The lowest BCUT2D eigenvalue weighted by molar-refractivity contribution is -0.141. The van der Waals surface area contributed by atoms with E-state index in [1.165, 1.54) is 6.42 Å². The quantitative estimate of drug-likeness (QED) is 0.616. The number of amides is 2. The second-order valence-electron chi connectivity index (χ2n) is 8.08. The molecule has 0 spiro atoms. The average Bonchev–Trinajstić information content (AvgIpc) is 2.80. The van der Waals surface area contributed by atoms with Crippen LogP contribution in [0.25, 0.3) is 0 Å². The van der Waals surface area contributed by atoms with Gasteiger partial charge in [0.1, 0.15) is 11.8 Å². The summed E-state index contributed by atoms with van der Waals surface area (Å²) in [5.41, 5.74) is 1.12. The summed E-state index contributed by atoms with van der Waals surface area (Å²) in [4.78, 5) is 27.6. The molecular formula is C25H31ClN2O3. The fourth-order valence-corrected chi connectivity index (χ4v) is 4.02. The minimum atomic E-state index is -0.563. The van der Waals surface area contributed by atoms with Crippen LogP contribution in [0.3, 0.4) is 0 Å². The van der Waals surface area contributed by atoms with Gasteiger partial charge in [-0.25, -0.2) is 0 Å². The van der Waals surface area contributed by atoms with E-state index in [0.717, 1.165) is 31.2 Å². The van der Waals surface area contributed by atoms with Crippen LogP contribution in [0.2, 0.25) is 5.02 Å². The monoisotopic (exact) mass is 442 g/mol. The molecule has 1 fully saturated rings. The molecule has 5 nitrogen and oxygen atoms in total. The van der Waals surface area contributed by atoms with Crippen molar-refractivity contribution in [2.75, 3.05) is 13.2 Å². The molecule has 0 radical (unpaired) electrons. The Bertz CT molecular complexity index is 836. The molecule has 1 saturated carbocycles. The Morgan fingerprint density at radius 2 is 1.74 bits per heavy atom. The molecule has 6 heteroatoms. The lowest BCUT2D eigenvalue weighted by Crippen LogP contribution is -2.52. The normalized spacial score (nSPS) is 15.2. The highest BCUT2D eigenvalue weighted by Gasteiger charge is 2.28. The van der Waals surface area contributed by atoms with Crippen LogP contribution in [0, 0.1) is 0 Å². The van der Waals surface area contributed by atoms with Crippen LogP contribution < -0.4 is 10.1 Å². The molecule has 2 amide bonds. The summed E-state index contributed by atoms with van der Waals surface area (Å²) in [5, 5.41) is 3.75. The minimum absolute atomic E-state index is 0.0974. The van der Waals surface area contributed by atoms with Gasteiger partial charge in [0.2, 0.25) is 5.91 Å². The van der Waals surface area contributed by atoms with Crippen molar-refractivity contribution in [3.63, 3.8) is 0 Å². The molecule has 0 aromatic heterocycles. The molecule has 2 aromatic carbocycles. The van der Waals surface area contributed by atoms with Gasteiger partial charge >= 0.3 is 0 Å². The first-order chi connectivity index (χ1) is 15.0. The molecule has 0 bridgehead atoms. The van der Waals surface area contributed by atoms with E-state index < -0.39 is 6.04 Å². The number of carbonyl (C=O) groups excluding carboxylic acids is 2. The Morgan fingerprint density at radius 3 is 2.42 bits per heavy atom. The number of hydrogen-bond acceptors (Lipinski definition) is 3. The van der Waals surface area contributed by atoms with E-state index in [9.17, 15) is 9.59 Å². The third kappa shape index (κ3) is 7.28. The Kier molecular flexibility index (Phi) is 8.77. The third-order valence-corrected chi connectivity index (χ3v) is 6.03. The van der Waals surface area contributed by atoms with Gasteiger partial charge in [-0.3, -0.25) is 9.59 Å². The topological polar surface area (TPSA) is 58.6 Å². The van der Waals surface area contributed by atoms with E-state index >= 15 is 0 Å². The summed E-state index contributed by atoms with van der Waals surface area (Å²) >= 11 is 5.91. The van der Waals surface area contributed by atoms with Crippen LogP contribution in [0.15, 0.2) is 54.6 Å². The molecule has 0 heterocycles. The average molecular weight is 443 g/mol. The fourth-order valence-electron chi connectivity index (χ4n) is 3.90. The van der Waals surface area contributed by atoms with E-state index in [1.807, 2.05) is 30.3 Å². The fraction of sp³-hybridized carbons (Fsp3) is 0.440. The van der Waals surface area contributed by atoms with Gasteiger partial charge in [0.05, 0.1) is 0 Å². The smallest absolute Gasteiger partial charge is 0.261 e. The highest BCUT2D eigenvalue weighted by molar-refractivity contribution is 6.30. The molecule has 1 aliphatic rings. The van der Waals surface area contributed by atoms with E-state index in [4.69, 9.17) is 16.3 Å². The van der Waals surface area contributed by atoms with Crippen molar-refractivity contribution in [3.8, 4) is 5.75 Å². The van der Waals surface area contributed by atoms with Crippen molar-refractivity contribution in [3.05, 3.63) is 65.2 Å². The van der Waals surface area contributed by atoms with Gasteiger partial charge in [0.25, 0.3) is 5.91 Å². The predicted octanol–water partition coefficient (Wildman–Crippen LogP) is 4.63. The number of rotatable bonds is 9. The highest BCUT2D eigenvalue weighted by Crippen LogP contribution is 2.18. The zero-order valence-corrected chi connectivity index (χ0v) is 18.8. The van der Waals surface area contributed by atoms with Crippen LogP contribution >= 0.6 is 11.6 Å². The number of ether oxygens (including phenoxy) is 1. The second kappa shape index (κ2) is 11.8. The number of nitrogens with one attached hydrogen (secondary N) is 1. The maximum absolute atomic E-state index is 13.0. The summed E-state index contributed by atoms with van der Waals surface area (Å²) in [6, 6.07) is 16.5. The molecule has 1 atom stereocenters. The molecule has 31 heavy (non-hydrogen) atoms. The lowest BCUT2D eigenvalue weighted by Gasteiger charge is -2.31. The van der Waals surface area contributed by atoms with Gasteiger partial charge in [0, 0.05) is 17.6 Å². The summed E-state index contributed by atoms with van der Waals surface area (Å²) in [5.74, 6) is 0.261. The van der Waals surface area contributed by atoms with E-state index in [0.29, 0.717) is 23.7 Å². The molecule has 3 rings (SSSR count). The minimum Gasteiger partial charge on any atom is -0.484 e. The standard InChI is InChI=1S/C25H31ClN2O3/c1-19(25(30)27-22-10-6-3-7-11-22)28(17-16-20-8-4-2-5-9-20)24(29)18-31-23-14-12-21(26)13-15-23/h2,4-5,8-9,12-15,19,22H,3,6-7,10-11,16-18H2,1H3,(H,27,30)/t19-/m0/s1. The van der Waals surface area contributed by atoms with Crippen molar-refractivity contribution < 1.29 is 14.3 Å². The number of benzene rings is 2. The van der Waals surface area contributed by atoms with Gasteiger partial charge in [-0.1, -0.05) is 61.2 Å². The molecule has 2 aromatic rings. The maximum Gasteiger partial charge on any atom is 0.261 e. The third-order valence-electron chi connectivity index (χ3n) is 5.78. The van der Waals surface area contributed by atoms with Crippen LogP contribution in [-0.2, 0) is 16.0 Å². The van der Waals surface area contributed by atoms with Crippen LogP contribution in [0.5, 0.6) is 5.75 Å². The number of halogens is 1. The molecule has 0 aliphatic heterocycles. The molecular weight excluding hydrogens is 412 g/mol. The Hall–Kier alpha value is -2.53. The van der Waals surface area contributed by atoms with Crippen molar-refractivity contribution in [2.24, 2.45) is 0 Å². The van der Waals surface area contributed by atoms with Gasteiger partial charge in [-0.15, -0.1) is 0 Å². The van der Waals surface area contributed by atoms with Crippen LogP contribution in [0.4, 0.5) is 0 Å². The van der Waals surface area contributed by atoms with Crippen molar-refractivity contribution in [2.45, 2.75) is 57.5 Å². The van der Waals surface area contributed by atoms with Gasteiger partial charge in [0.15, 0.2) is 6.61 Å². The molecule has 0 saturated heterocycles. The first kappa shape index (κ1) is 23.1. The zero-order valence-electron chi connectivity index (χ0n) is 18.1. The van der Waals surface area contributed by atoms with Gasteiger partial charge < -0.3 is 15.0 Å². The lowest BCUT2D eigenvalue weighted by atomic mass is 9.95. The summed E-state index contributed by atoms with van der Waals surface area (Å²) in [6.07, 6.45) is 6.21. The van der Waals surface area contributed by atoms with Crippen LogP contribution in [0.1, 0.15) is 44.6 Å². The van der Waals surface area contributed by atoms with E-state index in [1.54, 1.807) is 36.1 Å². The highest BCUT2D eigenvalue weighted by atomic mass is 35.5. The molecule has 166 valence electrons. The van der Waals surface area contributed by atoms with Crippen molar-refractivity contribution in [1.82, 2.24) is 10.2 Å². The summed E-state index contributed by atoms with van der Waals surface area (Å²) in [6.45, 7) is 2.12. The number of nitrogens with zero attached hydrogens (tertiary/aromatic N) is 1. The van der Waals surface area contributed by atoms with Crippen molar-refractivity contribution in [1.29, 1.82) is 0 Å². The zero-order chi connectivity index (χ0) is 22.1. The van der Waals surface area contributed by atoms with E-state index in [2.05, 4.69) is 5.32 Å². The first-order valence-corrected chi connectivity index (χ1v) is 11.4. The predicted molar refractivity (Wildman–Crippen MR) is 123 cm³/mol. The summed E-state index contributed by atoms with van der Waals surface area (Å²) < 4.78 is 5.65. The number of carbonyl (C=O) groups is 2. The first-order valence-electron chi connectivity index (χ1n) is 11.0. The Morgan fingerprint density at radius 1 is 1.06 bits per heavy atom. The maximum atomic E-state index is 13.0. The van der Waals surface area contributed by atoms with Gasteiger partial charge in [-0.2, -0.15) is 0 Å². The second-order valence-corrected chi connectivity index (χ2v) is 8.52. The molecule has 0 unspecified atom stereocenters. The van der Waals surface area contributed by atoms with Crippen LogP contribution in [-0.4, -0.2) is 41.9 Å². The Labute approximate surface area is 189 Å². The largest absolute Gasteiger partial charge is 0.484 e. The SMILES string of the molecule is C[C@@H](C(=O)NC1CCCCC1)N(CCc1ccccc1)C(=O)COc1ccc(Cl)cc1. The molecule has 1 N–H and O–H groups in total. The van der Waals surface area contributed by atoms with Gasteiger partial charge in [-0.05, 0) is 56.0 Å².